The van der Waals surface area contributed by atoms with Crippen molar-refractivity contribution in [3.63, 3.8) is 0 Å². The maximum Gasteiger partial charge on any atom is 0.302 e. The highest BCUT2D eigenvalue weighted by atomic mass is 33.1. The fraction of sp³-hybridized carbons (Fsp3) is 0.500. The third kappa shape index (κ3) is 13.1. The highest BCUT2D eigenvalue weighted by molar-refractivity contribution is 8.76. The number of benzene rings is 1. The maximum absolute atomic E-state index is 13.1. The van der Waals surface area contributed by atoms with Crippen LogP contribution < -0.4 is 15.7 Å². The zero-order chi connectivity index (χ0) is 33.5. The predicted octanol–water partition coefficient (Wildman–Crippen LogP) is 3.77. The van der Waals surface area contributed by atoms with Gasteiger partial charge in [0.05, 0.1) is 10.8 Å². The maximum atomic E-state index is 13.1. The van der Waals surface area contributed by atoms with Gasteiger partial charge < -0.3 is 25.4 Å². The van der Waals surface area contributed by atoms with Crippen LogP contribution in [0.2, 0.25) is 0 Å². The normalized spacial score (nSPS) is 14.1. The summed E-state index contributed by atoms with van der Waals surface area (Å²) in [6.45, 7) is 6.43. The Hall–Kier alpha value is -3.50. The van der Waals surface area contributed by atoms with E-state index in [4.69, 9.17) is 4.74 Å². The van der Waals surface area contributed by atoms with Crippen LogP contribution in [0.4, 0.5) is 5.69 Å². The lowest BCUT2D eigenvalue weighted by Crippen LogP contribution is -2.39. The van der Waals surface area contributed by atoms with E-state index in [1.54, 1.807) is 56.8 Å². The van der Waals surface area contributed by atoms with Crippen LogP contribution in [0.5, 0.6) is 0 Å². The number of aromatic nitrogens is 1. The molecule has 2 heterocycles. The van der Waals surface area contributed by atoms with Gasteiger partial charge in [-0.3, -0.25) is 29.5 Å². The molecule has 0 bridgehead atoms. The topological polar surface area (TPSA) is 179 Å². The number of amides is 3. The van der Waals surface area contributed by atoms with Gasteiger partial charge in [0.2, 0.25) is 11.8 Å². The third-order valence-electron chi connectivity index (χ3n) is 6.38. The smallest absolute Gasteiger partial charge is 0.302 e. The number of unbranched alkanes of at least 4 members (excludes halogenated alkanes) is 2. The molecular weight excluding hydrogens is 653 g/mol. The Morgan fingerprint density at radius 2 is 1.98 bits per heavy atom. The van der Waals surface area contributed by atoms with Crippen LogP contribution in [0.3, 0.4) is 0 Å². The zero-order valence-corrected chi connectivity index (χ0v) is 28.5. The molecule has 3 rings (SSSR count). The summed E-state index contributed by atoms with van der Waals surface area (Å²) in [5.74, 6) is 1.18. The second-order valence-electron chi connectivity index (χ2n) is 11.3. The van der Waals surface area contributed by atoms with E-state index in [1.165, 1.54) is 18.3 Å². The predicted molar refractivity (Wildman–Crippen MR) is 179 cm³/mol. The van der Waals surface area contributed by atoms with Crippen LogP contribution in [0.1, 0.15) is 62.4 Å². The minimum atomic E-state index is -1.15. The third-order valence-corrected chi connectivity index (χ3v) is 9.63. The van der Waals surface area contributed by atoms with Crippen LogP contribution in [0.25, 0.3) is 0 Å². The Morgan fingerprint density at radius 1 is 1.17 bits per heavy atom. The molecule has 2 aromatic rings. The quantitative estimate of drug-likeness (QED) is 0.0654. The Bertz CT molecular complexity index is 1380. The Morgan fingerprint density at radius 3 is 2.70 bits per heavy atom. The van der Waals surface area contributed by atoms with Crippen molar-refractivity contribution >= 4 is 62.8 Å². The van der Waals surface area contributed by atoms with E-state index in [1.807, 2.05) is 4.90 Å². The highest BCUT2D eigenvalue weighted by Crippen LogP contribution is 2.36. The number of pyridine rings is 1. The van der Waals surface area contributed by atoms with Crippen LogP contribution in [-0.2, 0) is 20.9 Å². The molecule has 0 aliphatic carbocycles. The number of carbonyl (C=O) groups is 3. The average Bonchev–Trinajstić information content (AvgIpc) is 3.56. The number of carbonyl (C=O) groups excluding carboxylic acids is 3. The van der Waals surface area contributed by atoms with Gasteiger partial charge in [-0.25, -0.2) is 4.98 Å². The standard InChI is InChI=1S/C30H40N6O7S3/c1-30(2,3)43-29(40)34-23(19-45-46-28-24(36(41)42)11-8-14-32-28)27(39)33-18-21-9-7-10-22(17-21)26(38)31-13-6-4-5-12-25(37)35-15-16-44-20-35/h7-11,14,17,23H,4-6,12-13,15-16,18-20H2,1-3H3,(H,31,38)(H,33,39)(H,34,40)/p-1. The van der Waals surface area contributed by atoms with Crippen LogP contribution >= 0.6 is 33.3 Å². The van der Waals surface area contributed by atoms with Crippen molar-refractivity contribution in [2.45, 2.75) is 69.7 Å². The molecule has 1 saturated heterocycles. The summed E-state index contributed by atoms with van der Waals surface area (Å²) in [6.07, 6.45) is 3.43. The number of nitrogens with one attached hydrogen (secondary N) is 2. The molecule has 1 aromatic carbocycles. The number of hydrogen-bond donors (Lipinski definition) is 2. The fourth-order valence-corrected chi connectivity index (χ4v) is 7.26. The van der Waals surface area contributed by atoms with E-state index in [0.717, 1.165) is 59.0 Å². The summed E-state index contributed by atoms with van der Waals surface area (Å²) in [7, 11) is 2.10. The molecule has 2 N–H and O–H groups in total. The monoisotopic (exact) mass is 691 g/mol. The molecule has 1 unspecified atom stereocenters. The van der Waals surface area contributed by atoms with Gasteiger partial charge >= 0.3 is 5.69 Å². The number of nitrogens with zero attached hydrogens (tertiary/aromatic N) is 4. The van der Waals surface area contributed by atoms with E-state index in [2.05, 4.69) is 20.6 Å². The number of nitro groups is 1. The molecule has 1 aromatic heterocycles. The molecule has 3 amide bonds. The number of hydrogen-bond acceptors (Lipinski definition) is 12. The van der Waals surface area contributed by atoms with Crippen molar-refractivity contribution in [2.75, 3.05) is 30.5 Å². The molecule has 13 nitrogen and oxygen atoms in total. The van der Waals surface area contributed by atoms with Gasteiger partial charge in [0, 0.05) is 61.0 Å². The summed E-state index contributed by atoms with van der Waals surface area (Å²) < 4.78 is 5.26. The Labute approximate surface area is 280 Å². The minimum absolute atomic E-state index is 0.0113. The van der Waals surface area contributed by atoms with Gasteiger partial charge in [0.15, 0.2) is 5.03 Å². The van der Waals surface area contributed by atoms with Gasteiger partial charge in [-0.2, -0.15) is 0 Å². The molecule has 16 heteroatoms. The molecule has 0 spiro atoms. The first kappa shape index (κ1) is 37.0. The SMILES string of the molecule is CC(C)(C)OC([O-])=NC(CSSc1ncccc1[N+](=O)[O-])C(=O)NCc1cccc(C(=O)NCCCCCC(=O)N2CCSC2)c1. The largest absolute Gasteiger partial charge is 0.595 e. The zero-order valence-electron chi connectivity index (χ0n) is 26.1. The lowest BCUT2D eigenvalue weighted by Gasteiger charge is -2.30. The van der Waals surface area contributed by atoms with Crippen molar-refractivity contribution in [1.82, 2.24) is 20.5 Å². The number of thioether (sulfide) groups is 1. The van der Waals surface area contributed by atoms with Crippen molar-refractivity contribution < 1.29 is 29.2 Å². The molecule has 0 saturated carbocycles. The Balaban J connectivity index is 1.51. The van der Waals surface area contributed by atoms with E-state index < -0.39 is 28.6 Å². The highest BCUT2D eigenvalue weighted by Gasteiger charge is 2.21. The summed E-state index contributed by atoms with van der Waals surface area (Å²) in [4.78, 5) is 58.6. The first-order valence-corrected chi connectivity index (χ1v) is 18.2. The van der Waals surface area contributed by atoms with Crippen molar-refractivity contribution in [3.8, 4) is 0 Å². The summed E-state index contributed by atoms with van der Waals surface area (Å²) in [5, 5.41) is 29.5. The van der Waals surface area contributed by atoms with E-state index in [-0.39, 0.29) is 34.8 Å². The van der Waals surface area contributed by atoms with Gasteiger partial charge in [-0.05, 0) is 47.4 Å². The lowest BCUT2D eigenvalue weighted by molar-refractivity contribution is -0.388. The van der Waals surface area contributed by atoms with Crippen LogP contribution in [-0.4, -0.2) is 80.7 Å². The van der Waals surface area contributed by atoms with Gasteiger partial charge in [-0.15, -0.1) is 11.8 Å². The van der Waals surface area contributed by atoms with Gasteiger partial charge in [-0.1, -0.05) is 50.1 Å². The average molecular weight is 692 g/mol. The van der Waals surface area contributed by atoms with Crippen LogP contribution in [0.15, 0.2) is 52.6 Å². The second kappa shape index (κ2) is 18.6. The summed E-state index contributed by atoms with van der Waals surface area (Å²) in [5.41, 5.74) is 0.122. The lowest BCUT2D eigenvalue weighted by atomic mass is 10.1. The summed E-state index contributed by atoms with van der Waals surface area (Å²) in [6, 6.07) is 8.48. The number of ether oxygens (including phenoxy) is 1. The summed E-state index contributed by atoms with van der Waals surface area (Å²) >= 11 is 1.77. The van der Waals surface area contributed by atoms with Gasteiger partial charge in [0.25, 0.3) is 5.91 Å². The van der Waals surface area contributed by atoms with Crippen molar-refractivity contribution in [2.24, 2.45) is 4.99 Å². The van der Waals surface area contributed by atoms with Crippen molar-refractivity contribution in [1.29, 1.82) is 0 Å². The van der Waals surface area contributed by atoms with E-state index in [0.29, 0.717) is 24.1 Å². The molecule has 1 fully saturated rings. The van der Waals surface area contributed by atoms with Gasteiger partial charge in [0.1, 0.15) is 12.1 Å². The Kier molecular flexibility index (Phi) is 14.9. The van der Waals surface area contributed by atoms with E-state index in [9.17, 15) is 29.6 Å². The van der Waals surface area contributed by atoms with E-state index >= 15 is 0 Å². The minimum Gasteiger partial charge on any atom is -0.595 e. The number of rotatable bonds is 16. The molecule has 1 atom stereocenters. The molecule has 46 heavy (non-hydrogen) atoms. The van der Waals surface area contributed by atoms with Crippen molar-refractivity contribution in [3.05, 3.63) is 63.8 Å². The first-order chi connectivity index (χ1) is 21.9. The molecular formula is C30H39N6O7S3-. The molecule has 0 radical (unpaired) electrons. The molecule has 250 valence electrons. The molecule has 1 aliphatic heterocycles. The second-order valence-corrected chi connectivity index (χ2v) is 14.7. The first-order valence-electron chi connectivity index (χ1n) is 14.8. The fourth-order valence-electron chi connectivity index (χ4n) is 4.11. The molecule has 1 aliphatic rings. The van der Waals surface area contributed by atoms with Crippen LogP contribution in [0, 0.1) is 10.1 Å². The number of aliphatic imine (C=N–C) groups is 1.